The average molecular weight is 394 g/mol. The summed E-state index contributed by atoms with van der Waals surface area (Å²) >= 11 is 0. The molecule has 0 bridgehead atoms. The van der Waals surface area contributed by atoms with Crippen molar-refractivity contribution >= 4 is 16.0 Å². The maximum absolute atomic E-state index is 12.9. The standard InChI is InChI=1S/C21H31NO4S/c1-16-8-9-20(14-17(16)2)27(24,25)22-12-10-19(11-13-22)21(23)26-15-18-6-4-3-5-7-18/h8-9,14,18-19H,3-7,10-13,15H2,1-2H3. The van der Waals surface area contributed by atoms with Crippen LogP contribution in [-0.2, 0) is 19.6 Å². The van der Waals surface area contributed by atoms with Crippen molar-refractivity contribution in [3.63, 3.8) is 0 Å². The largest absolute Gasteiger partial charge is 0.465 e. The van der Waals surface area contributed by atoms with E-state index in [1.807, 2.05) is 19.9 Å². The Kier molecular flexibility index (Phi) is 6.58. The molecule has 1 aromatic carbocycles. The van der Waals surface area contributed by atoms with Gasteiger partial charge >= 0.3 is 5.97 Å². The number of sulfonamides is 1. The number of carbonyl (C=O) groups is 1. The van der Waals surface area contributed by atoms with E-state index >= 15 is 0 Å². The van der Waals surface area contributed by atoms with Crippen molar-refractivity contribution in [2.75, 3.05) is 19.7 Å². The van der Waals surface area contributed by atoms with Crippen LogP contribution in [0, 0.1) is 25.7 Å². The summed E-state index contributed by atoms with van der Waals surface area (Å²) in [6, 6.07) is 5.25. The molecule has 1 heterocycles. The van der Waals surface area contributed by atoms with Gasteiger partial charge in [-0.1, -0.05) is 25.3 Å². The second-order valence-corrected chi connectivity index (χ2v) is 10.00. The zero-order valence-corrected chi connectivity index (χ0v) is 17.3. The zero-order valence-electron chi connectivity index (χ0n) is 16.4. The first-order valence-corrected chi connectivity index (χ1v) is 11.6. The van der Waals surface area contributed by atoms with E-state index in [0.717, 1.165) is 24.0 Å². The van der Waals surface area contributed by atoms with Crippen molar-refractivity contribution in [1.82, 2.24) is 4.31 Å². The van der Waals surface area contributed by atoms with E-state index in [1.54, 1.807) is 12.1 Å². The predicted molar refractivity (Wildman–Crippen MR) is 105 cm³/mol. The van der Waals surface area contributed by atoms with Gasteiger partial charge in [-0.2, -0.15) is 4.31 Å². The summed E-state index contributed by atoms with van der Waals surface area (Å²) in [6.07, 6.45) is 7.13. The second kappa shape index (κ2) is 8.74. The summed E-state index contributed by atoms with van der Waals surface area (Å²) in [5, 5.41) is 0. The minimum atomic E-state index is -3.50. The lowest BCUT2D eigenvalue weighted by Crippen LogP contribution is -2.40. The van der Waals surface area contributed by atoms with Gasteiger partial charge in [0.2, 0.25) is 10.0 Å². The van der Waals surface area contributed by atoms with Crippen molar-refractivity contribution in [1.29, 1.82) is 0 Å². The summed E-state index contributed by atoms with van der Waals surface area (Å²) in [6.45, 7) is 5.16. The molecule has 0 atom stereocenters. The van der Waals surface area contributed by atoms with Crippen LogP contribution in [0.25, 0.3) is 0 Å². The Morgan fingerprint density at radius 2 is 1.70 bits per heavy atom. The fourth-order valence-electron chi connectivity index (χ4n) is 4.03. The number of piperidine rings is 1. The van der Waals surface area contributed by atoms with E-state index in [-0.39, 0.29) is 11.9 Å². The number of hydrogen-bond acceptors (Lipinski definition) is 4. The normalized spacial score (nSPS) is 20.5. The van der Waals surface area contributed by atoms with Crippen LogP contribution in [0.1, 0.15) is 56.1 Å². The van der Waals surface area contributed by atoms with Crippen molar-refractivity contribution in [2.24, 2.45) is 11.8 Å². The van der Waals surface area contributed by atoms with Gasteiger partial charge in [0.15, 0.2) is 0 Å². The molecular weight excluding hydrogens is 362 g/mol. The molecule has 6 heteroatoms. The topological polar surface area (TPSA) is 63.7 Å². The highest BCUT2D eigenvalue weighted by Crippen LogP contribution is 2.27. The van der Waals surface area contributed by atoms with Crippen LogP contribution in [0.3, 0.4) is 0 Å². The molecule has 3 rings (SSSR count). The number of ether oxygens (including phenoxy) is 1. The number of esters is 1. The van der Waals surface area contributed by atoms with E-state index in [2.05, 4.69) is 0 Å². The summed E-state index contributed by atoms with van der Waals surface area (Å²) in [4.78, 5) is 12.7. The number of benzene rings is 1. The lowest BCUT2D eigenvalue weighted by atomic mass is 9.90. The van der Waals surface area contributed by atoms with Gasteiger partial charge < -0.3 is 4.74 Å². The highest BCUT2D eigenvalue weighted by Gasteiger charge is 2.33. The SMILES string of the molecule is Cc1ccc(S(=O)(=O)N2CCC(C(=O)OCC3CCCCC3)CC2)cc1C. The minimum absolute atomic E-state index is 0.149. The Morgan fingerprint density at radius 1 is 1.04 bits per heavy atom. The molecule has 0 spiro atoms. The summed E-state index contributed by atoms with van der Waals surface area (Å²) in [5.74, 6) is 0.177. The fraction of sp³-hybridized carbons (Fsp3) is 0.667. The Hall–Kier alpha value is -1.40. The molecule has 27 heavy (non-hydrogen) atoms. The van der Waals surface area contributed by atoms with Crippen LogP contribution in [0.15, 0.2) is 23.1 Å². The molecule has 1 aliphatic heterocycles. The Morgan fingerprint density at radius 3 is 2.33 bits per heavy atom. The molecule has 150 valence electrons. The van der Waals surface area contributed by atoms with Crippen molar-refractivity contribution < 1.29 is 17.9 Å². The summed E-state index contributed by atoms with van der Waals surface area (Å²) in [5.41, 5.74) is 2.05. The van der Waals surface area contributed by atoms with E-state index in [4.69, 9.17) is 4.74 Å². The fourth-order valence-corrected chi connectivity index (χ4v) is 5.58. The highest BCUT2D eigenvalue weighted by molar-refractivity contribution is 7.89. The lowest BCUT2D eigenvalue weighted by molar-refractivity contribution is -0.151. The highest BCUT2D eigenvalue weighted by atomic mass is 32.2. The number of aryl methyl sites for hydroxylation is 2. The van der Waals surface area contributed by atoms with Crippen molar-refractivity contribution in [3.05, 3.63) is 29.3 Å². The molecule has 0 amide bonds. The van der Waals surface area contributed by atoms with Gasteiger partial charge in [-0.3, -0.25) is 4.79 Å². The van der Waals surface area contributed by atoms with E-state index in [9.17, 15) is 13.2 Å². The number of hydrogen-bond donors (Lipinski definition) is 0. The third-order valence-corrected chi connectivity index (χ3v) is 7.98. The molecule has 1 aromatic rings. The summed E-state index contributed by atoms with van der Waals surface area (Å²) in [7, 11) is -3.50. The number of carbonyl (C=O) groups excluding carboxylic acids is 1. The van der Waals surface area contributed by atoms with E-state index < -0.39 is 10.0 Å². The Balaban J connectivity index is 1.53. The van der Waals surface area contributed by atoms with Crippen LogP contribution in [0.2, 0.25) is 0 Å². The van der Waals surface area contributed by atoms with Gasteiger partial charge in [0.1, 0.15) is 0 Å². The first-order valence-electron chi connectivity index (χ1n) is 10.1. The third kappa shape index (κ3) is 4.91. The maximum atomic E-state index is 12.9. The van der Waals surface area contributed by atoms with Crippen molar-refractivity contribution in [2.45, 2.75) is 63.7 Å². The van der Waals surface area contributed by atoms with Gasteiger partial charge in [-0.15, -0.1) is 0 Å². The first-order chi connectivity index (χ1) is 12.9. The molecule has 0 N–H and O–H groups in total. The van der Waals surface area contributed by atoms with Crippen LogP contribution in [0.4, 0.5) is 0 Å². The molecule has 1 saturated carbocycles. The van der Waals surface area contributed by atoms with E-state index in [0.29, 0.717) is 43.4 Å². The van der Waals surface area contributed by atoms with Gasteiger partial charge in [-0.05, 0) is 68.7 Å². The molecule has 0 aromatic heterocycles. The molecule has 2 fully saturated rings. The van der Waals surface area contributed by atoms with Crippen LogP contribution >= 0.6 is 0 Å². The molecule has 1 aliphatic carbocycles. The van der Waals surface area contributed by atoms with E-state index in [1.165, 1.54) is 23.6 Å². The van der Waals surface area contributed by atoms with Crippen LogP contribution in [0.5, 0.6) is 0 Å². The predicted octanol–water partition coefficient (Wildman–Crippen LogP) is 3.83. The van der Waals surface area contributed by atoms with Crippen LogP contribution < -0.4 is 0 Å². The Labute approximate surface area is 163 Å². The number of rotatable bonds is 5. The second-order valence-electron chi connectivity index (χ2n) is 8.06. The monoisotopic (exact) mass is 393 g/mol. The smallest absolute Gasteiger partial charge is 0.309 e. The van der Waals surface area contributed by atoms with Gasteiger partial charge in [0, 0.05) is 13.1 Å². The molecule has 2 aliphatic rings. The minimum Gasteiger partial charge on any atom is -0.465 e. The maximum Gasteiger partial charge on any atom is 0.309 e. The molecule has 5 nitrogen and oxygen atoms in total. The first kappa shape index (κ1) is 20.3. The van der Waals surface area contributed by atoms with Gasteiger partial charge in [0.25, 0.3) is 0 Å². The van der Waals surface area contributed by atoms with Crippen molar-refractivity contribution in [3.8, 4) is 0 Å². The van der Waals surface area contributed by atoms with Gasteiger partial charge in [-0.25, -0.2) is 8.42 Å². The molecular formula is C21H31NO4S. The lowest BCUT2D eigenvalue weighted by Gasteiger charge is -2.30. The van der Waals surface area contributed by atoms with Crippen LogP contribution in [-0.4, -0.2) is 38.4 Å². The van der Waals surface area contributed by atoms with Gasteiger partial charge in [0.05, 0.1) is 17.4 Å². The number of nitrogens with zero attached hydrogens (tertiary/aromatic N) is 1. The molecule has 1 saturated heterocycles. The Bertz CT molecular complexity index is 760. The molecule has 0 radical (unpaired) electrons. The quantitative estimate of drug-likeness (QED) is 0.713. The third-order valence-electron chi connectivity index (χ3n) is 6.09. The average Bonchev–Trinajstić information content (AvgIpc) is 2.69. The summed E-state index contributed by atoms with van der Waals surface area (Å²) < 4.78 is 32.8. The zero-order chi connectivity index (χ0) is 19.4. The molecule has 0 unspecified atom stereocenters.